The Labute approximate surface area is 110 Å². The number of aromatic nitrogens is 4. The normalized spacial score (nSPS) is 15.0. The number of rotatable bonds is 1. The highest BCUT2D eigenvalue weighted by atomic mass is 35.5. The highest BCUT2D eigenvalue weighted by molar-refractivity contribution is 5.85. The minimum absolute atomic E-state index is 0. The second kappa shape index (κ2) is 5.24. The summed E-state index contributed by atoms with van der Waals surface area (Å²) in [5.74, 6) is 1.12. The molecule has 2 aromatic rings. The van der Waals surface area contributed by atoms with Gasteiger partial charge in [0.05, 0.1) is 6.20 Å². The topological polar surface area (TPSA) is 89.6 Å². The molecule has 7 heteroatoms. The molecule has 0 saturated heterocycles. The number of fused-ring (bicyclic) bond motifs is 1. The smallest absolute Gasteiger partial charge is 0.155 e. The van der Waals surface area contributed by atoms with Crippen molar-refractivity contribution in [3.05, 3.63) is 24.4 Å². The number of nitrogens with two attached hydrogens (primary N) is 1. The predicted molar refractivity (Wildman–Crippen MR) is 72.3 cm³/mol. The molecule has 94 valence electrons. The van der Waals surface area contributed by atoms with E-state index in [9.17, 15) is 0 Å². The van der Waals surface area contributed by atoms with E-state index in [0.29, 0.717) is 16.9 Å². The van der Waals surface area contributed by atoms with Gasteiger partial charge in [-0.3, -0.25) is 0 Å². The minimum atomic E-state index is 0. The van der Waals surface area contributed by atoms with Crippen LogP contribution >= 0.6 is 12.4 Å². The summed E-state index contributed by atoms with van der Waals surface area (Å²) >= 11 is 0. The van der Waals surface area contributed by atoms with Gasteiger partial charge in [0.1, 0.15) is 17.4 Å². The van der Waals surface area contributed by atoms with Gasteiger partial charge in [-0.1, -0.05) is 6.08 Å². The van der Waals surface area contributed by atoms with Crippen LogP contribution in [-0.4, -0.2) is 33.0 Å². The van der Waals surface area contributed by atoms with Crippen LogP contribution in [0.15, 0.2) is 18.6 Å². The number of nitrogen functional groups attached to an aromatic ring is 1. The number of nitrogens with one attached hydrogen (secondary N) is 1. The molecule has 3 rings (SSSR count). The van der Waals surface area contributed by atoms with Crippen molar-refractivity contribution >= 4 is 34.8 Å². The molecule has 0 bridgehead atoms. The second-order valence-electron chi connectivity index (χ2n) is 3.87. The van der Waals surface area contributed by atoms with Crippen molar-refractivity contribution in [3.8, 4) is 0 Å². The van der Waals surface area contributed by atoms with E-state index in [1.165, 1.54) is 6.33 Å². The third-order valence-corrected chi connectivity index (χ3v) is 2.76. The fraction of sp³-hybridized carbons (Fsp3) is 0.273. The van der Waals surface area contributed by atoms with Gasteiger partial charge in [-0.05, 0) is 18.5 Å². The molecule has 2 aromatic heterocycles. The molecular weight excluding hydrogens is 252 g/mol. The van der Waals surface area contributed by atoms with Gasteiger partial charge >= 0.3 is 0 Å². The lowest BCUT2D eigenvalue weighted by atomic mass is 10.1. The van der Waals surface area contributed by atoms with Crippen molar-refractivity contribution in [2.45, 2.75) is 6.42 Å². The largest absolute Gasteiger partial charge is 0.382 e. The minimum Gasteiger partial charge on any atom is -0.382 e. The average Bonchev–Trinajstić information content (AvgIpc) is 2.40. The molecule has 0 aliphatic carbocycles. The lowest BCUT2D eigenvalue weighted by Gasteiger charge is -2.12. The van der Waals surface area contributed by atoms with Crippen LogP contribution < -0.4 is 11.1 Å². The first kappa shape index (κ1) is 12.7. The first-order valence-corrected chi connectivity index (χ1v) is 5.48. The summed E-state index contributed by atoms with van der Waals surface area (Å²) in [6.45, 7) is 1.81. The third kappa shape index (κ3) is 2.25. The van der Waals surface area contributed by atoms with Gasteiger partial charge in [-0.25, -0.2) is 19.9 Å². The molecule has 0 unspecified atom stereocenters. The molecule has 0 atom stereocenters. The van der Waals surface area contributed by atoms with Gasteiger partial charge in [0.25, 0.3) is 0 Å². The maximum atomic E-state index is 5.78. The van der Waals surface area contributed by atoms with Crippen molar-refractivity contribution in [2.24, 2.45) is 0 Å². The van der Waals surface area contributed by atoms with Crippen LogP contribution in [0.4, 0.5) is 5.82 Å². The Bertz CT molecular complexity index is 597. The van der Waals surface area contributed by atoms with Gasteiger partial charge in [0, 0.05) is 6.54 Å². The van der Waals surface area contributed by atoms with Gasteiger partial charge in [-0.15, -0.1) is 12.4 Å². The van der Waals surface area contributed by atoms with E-state index in [-0.39, 0.29) is 12.4 Å². The summed E-state index contributed by atoms with van der Waals surface area (Å²) in [6, 6.07) is 0. The summed E-state index contributed by atoms with van der Waals surface area (Å²) in [5.41, 5.74) is 8.23. The zero-order valence-corrected chi connectivity index (χ0v) is 10.4. The molecule has 0 fully saturated rings. The fourth-order valence-electron chi connectivity index (χ4n) is 1.85. The van der Waals surface area contributed by atoms with Crippen molar-refractivity contribution in [2.75, 3.05) is 18.8 Å². The van der Waals surface area contributed by atoms with E-state index >= 15 is 0 Å². The summed E-state index contributed by atoms with van der Waals surface area (Å²) in [7, 11) is 0. The van der Waals surface area contributed by atoms with Gasteiger partial charge in [0.2, 0.25) is 0 Å². The van der Waals surface area contributed by atoms with Crippen molar-refractivity contribution in [1.82, 2.24) is 25.3 Å². The molecule has 1 aliphatic heterocycles. The second-order valence-corrected chi connectivity index (χ2v) is 3.87. The van der Waals surface area contributed by atoms with Crippen LogP contribution in [0.1, 0.15) is 12.2 Å². The van der Waals surface area contributed by atoms with Crippen LogP contribution in [0.2, 0.25) is 0 Å². The number of hydrogen-bond donors (Lipinski definition) is 2. The molecule has 6 nitrogen and oxygen atoms in total. The van der Waals surface area contributed by atoms with E-state index in [0.717, 1.165) is 30.9 Å². The molecule has 18 heavy (non-hydrogen) atoms. The van der Waals surface area contributed by atoms with Crippen LogP contribution in [0, 0.1) is 0 Å². The number of hydrogen-bond acceptors (Lipinski definition) is 6. The highest BCUT2D eigenvalue weighted by Crippen LogP contribution is 2.19. The zero-order valence-electron chi connectivity index (χ0n) is 9.63. The quantitative estimate of drug-likeness (QED) is 0.792. The molecule has 0 aromatic carbocycles. The Morgan fingerprint density at radius 2 is 2.11 bits per heavy atom. The fourth-order valence-corrected chi connectivity index (χ4v) is 1.85. The van der Waals surface area contributed by atoms with E-state index in [4.69, 9.17) is 5.73 Å². The molecular formula is C11H13ClN6. The van der Waals surface area contributed by atoms with E-state index in [2.05, 4.69) is 31.3 Å². The summed E-state index contributed by atoms with van der Waals surface area (Å²) in [5, 5.41) is 3.25. The van der Waals surface area contributed by atoms with Crippen LogP contribution in [0.5, 0.6) is 0 Å². The van der Waals surface area contributed by atoms with Gasteiger partial charge < -0.3 is 11.1 Å². The average molecular weight is 265 g/mol. The van der Waals surface area contributed by atoms with E-state index in [1.807, 2.05) is 0 Å². The lowest BCUT2D eigenvalue weighted by Crippen LogP contribution is -2.20. The SMILES string of the molecule is Cl.Nc1ncnc2cnc(C3=CCNCC3)nc12. The molecule has 0 saturated carbocycles. The molecule has 1 aliphatic rings. The number of anilines is 1. The number of nitrogens with zero attached hydrogens (tertiary/aromatic N) is 4. The predicted octanol–water partition coefficient (Wildman–Crippen LogP) is 0.800. The van der Waals surface area contributed by atoms with Crippen LogP contribution in [0.25, 0.3) is 16.6 Å². The summed E-state index contributed by atoms with van der Waals surface area (Å²) in [4.78, 5) is 16.8. The molecule has 0 spiro atoms. The Hall–Kier alpha value is -1.79. The maximum absolute atomic E-state index is 5.78. The monoisotopic (exact) mass is 264 g/mol. The van der Waals surface area contributed by atoms with Gasteiger partial charge in [-0.2, -0.15) is 0 Å². The Balaban J connectivity index is 0.00000120. The first-order chi connectivity index (χ1) is 8.34. The Kier molecular flexibility index (Phi) is 3.69. The molecule has 3 heterocycles. The Morgan fingerprint density at radius 1 is 1.22 bits per heavy atom. The summed E-state index contributed by atoms with van der Waals surface area (Å²) < 4.78 is 0. The maximum Gasteiger partial charge on any atom is 0.155 e. The lowest BCUT2D eigenvalue weighted by molar-refractivity contribution is 0.734. The van der Waals surface area contributed by atoms with Crippen molar-refractivity contribution in [3.63, 3.8) is 0 Å². The number of halogens is 1. The molecule has 0 amide bonds. The zero-order chi connectivity index (χ0) is 11.7. The van der Waals surface area contributed by atoms with Crippen LogP contribution in [0.3, 0.4) is 0 Å². The van der Waals surface area contributed by atoms with Gasteiger partial charge in [0.15, 0.2) is 11.6 Å². The highest BCUT2D eigenvalue weighted by Gasteiger charge is 2.10. The van der Waals surface area contributed by atoms with Crippen LogP contribution in [-0.2, 0) is 0 Å². The van der Waals surface area contributed by atoms with E-state index in [1.54, 1.807) is 6.20 Å². The molecule has 0 radical (unpaired) electrons. The van der Waals surface area contributed by atoms with E-state index < -0.39 is 0 Å². The Morgan fingerprint density at radius 3 is 2.89 bits per heavy atom. The van der Waals surface area contributed by atoms with Crippen molar-refractivity contribution in [1.29, 1.82) is 0 Å². The molecule has 3 N–H and O–H groups in total. The first-order valence-electron chi connectivity index (χ1n) is 5.48. The summed E-state index contributed by atoms with van der Waals surface area (Å²) in [6.07, 6.45) is 6.15. The van der Waals surface area contributed by atoms with Crippen molar-refractivity contribution < 1.29 is 0 Å². The third-order valence-electron chi connectivity index (χ3n) is 2.76. The standard InChI is InChI=1S/C11H12N6.ClH/c12-10-9-8(15-6-16-10)5-14-11(17-9)7-1-3-13-4-2-7;/h1,5-6,13H,2-4H2,(H2,12,15,16);1H.